The number of nitrogens with one attached hydrogen (secondary N) is 2. The monoisotopic (exact) mass is 548 g/mol. The maximum absolute atomic E-state index is 13.2. The first kappa shape index (κ1) is 26.7. The molecule has 0 unspecified atom stereocenters. The van der Waals surface area contributed by atoms with Gasteiger partial charge in [0, 0.05) is 72.8 Å². The van der Waals surface area contributed by atoms with Gasteiger partial charge in [-0.25, -0.2) is 0 Å². The van der Waals surface area contributed by atoms with Gasteiger partial charge in [-0.2, -0.15) is 0 Å². The predicted octanol–water partition coefficient (Wildman–Crippen LogP) is 5.49. The lowest BCUT2D eigenvalue weighted by atomic mass is 9.87. The minimum Gasteiger partial charge on any atom is -0.457 e. The molecule has 5 rings (SSSR count). The number of nitro groups is 1. The Labute approximate surface area is 230 Å². The number of amides is 1. The van der Waals surface area contributed by atoms with Gasteiger partial charge in [0.25, 0.3) is 5.69 Å². The van der Waals surface area contributed by atoms with Crippen molar-refractivity contribution in [1.82, 2.24) is 15.2 Å². The van der Waals surface area contributed by atoms with Crippen LogP contribution in [0.4, 0.5) is 5.69 Å². The number of hydrogen-bond donors (Lipinski definition) is 2. The van der Waals surface area contributed by atoms with Crippen molar-refractivity contribution in [1.29, 1.82) is 0 Å². The van der Waals surface area contributed by atoms with E-state index in [9.17, 15) is 14.9 Å². The number of H-pyrrole nitrogens is 1. The summed E-state index contributed by atoms with van der Waals surface area (Å²) in [6.07, 6.45) is 2.00. The van der Waals surface area contributed by atoms with E-state index in [2.05, 4.69) is 15.2 Å². The number of fused-ring (bicyclic) bond motifs is 1. The number of aromatic nitrogens is 1. The van der Waals surface area contributed by atoms with E-state index < -0.39 is 4.92 Å². The molecule has 0 aliphatic carbocycles. The first-order valence-electron chi connectivity index (χ1n) is 12.8. The molecule has 1 aliphatic rings. The highest BCUT2D eigenvalue weighted by atomic mass is 35.5. The third-order valence-corrected chi connectivity index (χ3v) is 7.09. The fourth-order valence-corrected chi connectivity index (χ4v) is 4.93. The van der Waals surface area contributed by atoms with Crippen LogP contribution >= 0.6 is 11.6 Å². The molecule has 0 radical (unpaired) electrons. The van der Waals surface area contributed by atoms with E-state index in [-0.39, 0.29) is 23.9 Å². The van der Waals surface area contributed by atoms with Crippen molar-refractivity contribution in [2.24, 2.45) is 0 Å². The van der Waals surface area contributed by atoms with Crippen LogP contribution in [0.15, 0.2) is 72.9 Å². The summed E-state index contributed by atoms with van der Waals surface area (Å²) in [4.78, 5) is 29.7. The number of rotatable bonds is 10. The molecule has 1 saturated heterocycles. The summed E-state index contributed by atoms with van der Waals surface area (Å²) in [6.45, 7) is 4.41. The largest absolute Gasteiger partial charge is 0.457 e. The van der Waals surface area contributed by atoms with Gasteiger partial charge < -0.3 is 19.8 Å². The summed E-state index contributed by atoms with van der Waals surface area (Å²) in [5.74, 6) is 0.782. The molecule has 1 fully saturated rings. The molecule has 0 saturated carbocycles. The smallest absolute Gasteiger partial charge is 0.270 e. The van der Waals surface area contributed by atoms with Crippen LogP contribution in [0.2, 0.25) is 5.02 Å². The number of nitrogens with zero attached hydrogens (tertiary/aromatic N) is 2. The number of carbonyl (C=O) groups excluding carboxylic acids is 1. The average molecular weight is 549 g/mol. The van der Waals surface area contributed by atoms with E-state index in [4.69, 9.17) is 21.1 Å². The van der Waals surface area contributed by atoms with Gasteiger partial charge in [0.15, 0.2) is 0 Å². The zero-order valence-electron chi connectivity index (χ0n) is 21.3. The van der Waals surface area contributed by atoms with E-state index in [1.165, 1.54) is 6.07 Å². The molecule has 202 valence electrons. The Kier molecular flexibility index (Phi) is 8.41. The summed E-state index contributed by atoms with van der Waals surface area (Å²) in [5.41, 5.74) is 2.43. The van der Waals surface area contributed by atoms with Gasteiger partial charge in [-0.15, -0.1) is 0 Å². The molecule has 0 spiro atoms. The Balaban J connectivity index is 1.41. The van der Waals surface area contributed by atoms with E-state index in [1.807, 2.05) is 30.5 Å². The predicted molar refractivity (Wildman–Crippen MR) is 150 cm³/mol. The number of hydrogen-bond acceptors (Lipinski definition) is 6. The van der Waals surface area contributed by atoms with Crippen LogP contribution in [-0.4, -0.2) is 60.1 Å². The SMILES string of the molecule is O=C(C[C@@H](c1cccc(Oc2ccc(Cl)cc2)c1)c1c[nH]c2ccc([N+](=O)[O-])cc12)NCCN1CCOCC1. The number of ether oxygens (including phenoxy) is 2. The molecule has 1 amide bonds. The molecule has 1 aliphatic heterocycles. The maximum Gasteiger partial charge on any atom is 0.270 e. The molecule has 1 atom stereocenters. The molecule has 9 nitrogen and oxygen atoms in total. The van der Waals surface area contributed by atoms with Crippen LogP contribution in [-0.2, 0) is 9.53 Å². The van der Waals surface area contributed by atoms with E-state index in [1.54, 1.807) is 36.4 Å². The maximum atomic E-state index is 13.2. The molecular weight excluding hydrogens is 520 g/mol. The van der Waals surface area contributed by atoms with Gasteiger partial charge in [0.2, 0.25) is 5.91 Å². The van der Waals surface area contributed by atoms with Gasteiger partial charge in [-0.1, -0.05) is 23.7 Å². The van der Waals surface area contributed by atoms with Crippen molar-refractivity contribution in [2.45, 2.75) is 12.3 Å². The zero-order chi connectivity index (χ0) is 27.2. The number of halogens is 1. The highest BCUT2D eigenvalue weighted by Crippen LogP contribution is 2.36. The van der Waals surface area contributed by atoms with E-state index in [0.717, 1.165) is 36.3 Å². The lowest BCUT2D eigenvalue weighted by molar-refractivity contribution is -0.384. The minimum absolute atomic E-state index is 0.00288. The summed E-state index contributed by atoms with van der Waals surface area (Å²) in [5, 5.41) is 15.8. The number of morpholine rings is 1. The molecule has 2 N–H and O–H groups in total. The lowest BCUT2D eigenvalue weighted by Crippen LogP contribution is -2.41. The number of carbonyl (C=O) groups is 1. The normalized spacial score (nSPS) is 14.7. The molecule has 2 heterocycles. The quantitative estimate of drug-likeness (QED) is 0.200. The number of non-ortho nitro benzene ring substituents is 1. The first-order chi connectivity index (χ1) is 19.0. The van der Waals surface area contributed by atoms with Crippen LogP contribution < -0.4 is 10.1 Å². The van der Waals surface area contributed by atoms with Crippen LogP contribution in [0, 0.1) is 10.1 Å². The van der Waals surface area contributed by atoms with Gasteiger partial charge in [-0.3, -0.25) is 19.8 Å². The lowest BCUT2D eigenvalue weighted by Gasteiger charge is -2.26. The molecule has 1 aromatic heterocycles. The Morgan fingerprint density at radius 3 is 2.67 bits per heavy atom. The zero-order valence-corrected chi connectivity index (χ0v) is 22.0. The minimum atomic E-state index is -0.413. The second kappa shape index (κ2) is 12.3. The summed E-state index contributed by atoms with van der Waals surface area (Å²) < 4.78 is 11.4. The van der Waals surface area contributed by atoms with Crippen LogP contribution in [0.5, 0.6) is 11.5 Å². The van der Waals surface area contributed by atoms with Crippen molar-refractivity contribution in [3.63, 3.8) is 0 Å². The van der Waals surface area contributed by atoms with E-state index >= 15 is 0 Å². The van der Waals surface area contributed by atoms with Crippen molar-refractivity contribution >= 4 is 34.1 Å². The molecule has 0 bridgehead atoms. The Morgan fingerprint density at radius 1 is 1.10 bits per heavy atom. The third kappa shape index (κ3) is 6.75. The molecular formula is C29H29ClN4O5. The summed E-state index contributed by atoms with van der Waals surface area (Å²) >= 11 is 6.00. The first-order valence-corrected chi connectivity index (χ1v) is 13.2. The van der Waals surface area contributed by atoms with Gasteiger partial charge in [0.05, 0.1) is 18.1 Å². The third-order valence-electron chi connectivity index (χ3n) is 6.84. The van der Waals surface area contributed by atoms with Crippen LogP contribution in [0.1, 0.15) is 23.5 Å². The summed E-state index contributed by atoms with van der Waals surface area (Å²) in [6, 6.07) is 19.4. The van der Waals surface area contributed by atoms with Crippen molar-refractivity contribution in [2.75, 3.05) is 39.4 Å². The van der Waals surface area contributed by atoms with E-state index in [0.29, 0.717) is 41.7 Å². The summed E-state index contributed by atoms with van der Waals surface area (Å²) in [7, 11) is 0. The molecule has 3 aromatic carbocycles. The van der Waals surface area contributed by atoms with Crippen molar-refractivity contribution < 1.29 is 19.2 Å². The number of aromatic amines is 1. The fourth-order valence-electron chi connectivity index (χ4n) is 4.81. The fraction of sp³-hybridized carbons (Fsp3) is 0.276. The van der Waals surface area contributed by atoms with Crippen LogP contribution in [0.3, 0.4) is 0 Å². The van der Waals surface area contributed by atoms with Crippen molar-refractivity contribution in [3.05, 3.63) is 99.2 Å². The standard InChI is InChI=1S/C29H29ClN4O5/c30-21-4-7-23(8-5-21)39-24-3-1-2-20(16-24)25(18-29(35)31-10-11-33-12-14-38-15-13-33)27-19-32-28-9-6-22(34(36)37)17-26(27)28/h1-9,16-17,19,25,32H,10-15,18H2,(H,31,35)/t25-/m0/s1. The van der Waals surface area contributed by atoms with Gasteiger partial charge in [0.1, 0.15) is 11.5 Å². The Hall–Kier alpha value is -3.92. The molecule has 10 heteroatoms. The molecule has 4 aromatic rings. The van der Waals surface area contributed by atoms with Gasteiger partial charge in [-0.05, 0) is 53.6 Å². The molecule has 39 heavy (non-hydrogen) atoms. The van der Waals surface area contributed by atoms with Crippen LogP contribution in [0.25, 0.3) is 10.9 Å². The second-order valence-electron chi connectivity index (χ2n) is 9.42. The average Bonchev–Trinajstić information content (AvgIpc) is 3.37. The number of benzene rings is 3. The van der Waals surface area contributed by atoms with Gasteiger partial charge >= 0.3 is 0 Å². The topological polar surface area (TPSA) is 110 Å². The highest BCUT2D eigenvalue weighted by molar-refractivity contribution is 6.30. The Morgan fingerprint density at radius 2 is 1.90 bits per heavy atom. The second-order valence-corrected chi connectivity index (χ2v) is 9.86. The number of nitro benzene ring substituents is 1. The van der Waals surface area contributed by atoms with Crippen molar-refractivity contribution in [3.8, 4) is 11.5 Å². The highest BCUT2D eigenvalue weighted by Gasteiger charge is 2.23. The Bertz CT molecular complexity index is 1450.